The quantitative estimate of drug-likeness (QED) is 0.830. The fourth-order valence-electron chi connectivity index (χ4n) is 4.25. The molecule has 0 aromatic heterocycles. The van der Waals surface area contributed by atoms with Gasteiger partial charge < -0.3 is 15.1 Å². The highest BCUT2D eigenvalue weighted by atomic mass is 16.2. The molecule has 0 radical (unpaired) electrons. The number of amides is 2. The summed E-state index contributed by atoms with van der Waals surface area (Å²) >= 11 is 0. The lowest BCUT2D eigenvalue weighted by molar-refractivity contribution is -0.135. The molecule has 0 atom stereocenters. The number of carbonyl (C=O) groups is 2. The van der Waals surface area contributed by atoms with E-state index in [1.165, 1.54) is 5.69 Å². The number of hydrogen-bond acceptors (Lipinski definition) is 4. The van der Waals surface area contributed by atoms with Crippen LogP contribution >= 0.6 is 0 Å². The predicted molar refractivity (Wildman–Crippen MR) is 119 cm³/mol. The van der Waals surface area contributed by atoms with Crippen molar-refractivity contribution >= 4 is 23.2 Å². The van der Waals surface area contributed by atoms with Crippen LogP contribution in [0.2, 0.25) is 0 Å². The van der Waals surface area contributed by atoms with E-state index in [1.54, 1.807) is 0 Å². The molecular weight excluding hydrogens is 376 g/mol. The normalized spacial score (nSPS) is 18.3. The maximum Gasteiger partial charge on any atom is 0.236 e. The number of likely N-dealkylation sites (tertiary alicyclic amines) is 1. The molecule has 6 nitrogen and oxygen atoms in total. The Morgan fingerprint density at radius 2 is 1.40 bits per heavy atom. The highest BCUT2D eigenvalue weighted by Crippen LogP contribution is 2.20. The molecule has 158 valence electrons. The summed E-state index contributed by atoms with van der Waals surface area (Å²) in [5, 5.41) is 2.98. The molecule has 2 amide bonds. The Kier molecular flexibility index (Phi) is 6.64. The lowest BCUT2D eigenvalue weighted by Gasteiger charge is -2.37. The zero-order valence-corrected chi connectivity index (χ0v) is 17.4. The van der Waals surface area contributed by atoms with Crippen LogP contribution in [0.25, 0.3) is 0 Å². The second-order valence-corrected chi connectivity index (χ2v) is 8.11. The molecule has 2 saturated heterocycles. The van der Waals surface area contributed by atoms with Gasteiger partial charge in [-0.3, -0.25) is 14.5 Å². The Hall–Kier alpha value is -2.86. The van der Waals surface area contributed by atoms with Gasteiger partial charge in [0.25, 0.3) is 0 Å². The third kappa shape index (κ3) is 5.19. The first-order chi connectivity index (χ1) is 14.7. The minimum absolute atomic E-state index is 0.0244. The van der Waals surface area contributed by atoms with Crippen LogP contribution in [0.4, 0.5) is 11.4 Å². The maximum atomic E-state index is 12.8. The molecular formula is C24H30N4O2. The Morgan fingerprint density at radius 1 is 0.800 bits per heavy atom. The number of para-hydroxylation sites is 2. The van der Waals surface area contributed by atoms with Gasteiger partial charge in [0.15, 0.2) is 0 Å². The molecule has 6 heteroatoms. The molecule has 1 N–H and O–H groups in total. The van der Waals surface area contributed by atoms with E-state index in [-0.39, 0.29) is 17.7 Å². The fraction of sp³-hybridized carbons (Fsp3) is 0.417. The first-order valence-electron chi connectivity index (χ1n) is 10.8. The van der Waals surface area contributed by atoms with Gasteiger partial charge in [0.05, 0.1) is 6.54 Å². The largest absolute Gasteiger partial charge is 0.369 e. The number of benzene rings is 2. The van der Waals surface area contributed by atoms with Crippen molar-refractivity contribution in [3.8, 4) is 0 Å². The summed E-state index contributed by atoms with van der Waals surface area (Å²) in [5.74, 6) is 0.221. The molecule has 0 unspecified atom stereocenters. The SMILES string of the molecule is O=C(Nc1ccccc1)C1CCN(C(=O)CN2CCN(c3ccccc3)CC2)CC1. The lowest BCUT2D eigenvalue weighted by Crippen LogP contribution is -2.51. The summed E-state index contributed by atoms with van der Waals surface area (Å²) in [6, 6.07) is 20.0. The minimum Gasteiger partial charge on any atom is -0.369 e. The third-order valence-electron chi connectivity index (χ3n) is 6.11. The van der Waals surface area contributed by atoms with Crippen molar-refractivity contribution in [2.75, 3.05) is 56.0 Å². The van der Waals surface area contributed by atoms with Gasteiger partial charge in [-0.05, 0) is 37.1 Å². The number of rotatable bonds is 5. The molecule has 2 fully saturated rings. The number of piperazine rings is 1. The summed E-state index contributed by atoms with van der Waals surface area (Å²) in [6.45, 7) is 5.49. The highest BCUT2D eigenvalue weighted by Gasteiger charge is 2.28. The van der Waals surface area contributed by atoms with Crippen molar-refractivity contribution in [1.82, 2.24) is 9.80 Å². The van der Waals surface area contributed by atoms with E-state index < -0.39 is 0 Å². The highest BCUT2D eigenvalue weighted by molar-refractivity contribution is 5.92. The summed E-state index contributed by atoms with van der Waals surface area (Å²) in [7, 11) is 0. The number of hydrogen-bond donors (Lipinski definition) is 1. The molecule has 0 bridgehead atoms. The molecule has 0 saturated carbocycles. The van der Waals surface area contributed by atoms with Gasteiger partial charge in [-0.15, -0.1) is 0 Å². The smallest absolute Gasteiger partial charge is 0.236 e. The van der Waals surface area contributed by atoms with Crippen molar-refractivity contribution in [3.63, 3.8) is 0 Å². The summed E-state index contributed by atoms with van der Waals surface area (Å²) in [4.78, 5) is 31.8. The number of anilines is 2. The van der Waals surface area contributed by atoms with Crippen LogP contribution in [-0.4, -0.2) is 67.4 Å². The average Bonchev–Trinajstić information content (AvgIpc) is 2.81. The second kappa shape index (κ2) is 9.76. The molecule has 2 aliphatic rings. The lowest BCUT2D eigenvalue weighted by atomic mass is 9.95. The molecule has 4 rings (SSSR count). The molecule has 2 aromatic rings. The average molecular weight is 407 g/mol. The standard InChI is InChI=1S/C24H30N4O2/c29-23(19-26-15-17-27(18-16-26)22-9-5-2-6-10-22)28-13-11-20(12-14-28)24(30)25-21-7-3-1-4-8-21/h1-10,20H,11-19H2,(H,25,30). The van der Waals surface area contributed by atoms with Crippen molar-refractivity contribution in [2.45, 2.75) is 12.8 Å². The zero-order chi connectivity index (χ0) is 20.8. The number of nitrogens with one attached hydrogen (secondary N) is 1. The fourth-order valence-corrected chi connectivity index (χ4v) is 4.25. The molecule has 2 aliphatic heterocycles. The van der Waals surface area contributed by atoms with E-state index in [2.05, 4.69) is 39.4 Å². The predicted octanol–water partition coefficient (Wildman–Crippen LogP) is 2.69. The summed E-state index contributed by atoms with van der Waals surface area (Å²) in [6.07, 6.45) is 1.46. The van der Waals surface area contributed by atoms with E-state index in [0.717, 1.165) is 44.7 Å². The van der Waals surface area contributed by atoms with Crippen molar-refractivity contribution in [1.29, 1.82) is 0 Å². The van der Waals surface area contributed by atoms with Crippen LogP contribution in [0.3, 0.4) is 0 Å². The van der Waals surface area contributed by atoms with Crippen LogP contribution < -0.4 is 10.2 Å². The molecule has 0 aliphatic carbocycles. The zero-order valence-electron chi connectivity index (χ0n) is 17.4. The van der Waals surface area contributed by atoms with E-state index in [0.29, 0.717) is 19.6 Å². The van der Waals surface area contributed by atoms with Crippen LogP contribution in [0, 0.1) is 5.92 Å². The number of piperidine rings is 1. The van der Waals surface area contributed by atoms with Crippen LogP contribution in [0.15, 0.2) is 60.7 Å². The summed E-state index contributed by atoms with van der Waals surface area (Å²) < 4.78 is 0. The third-order valence-corrected chi connectivity index (χ3v) is 6.11. The Labute approximate surface area is 178 Å². The van der Waals surface area contributed by atoms with Crippen LogP contribution in [0.1, 0.15) is 12.8 Å². The first kappa shape index (κ1) is 20.4. The van der Waals surface area contributed by atoms with Gasteiger partial charge in [-0.2, -0.15) is 0 Å². The summed E-state index contributed by atoms with van der Waals surface area (Å²) in [5.41, 5.74) is 2.08. The molecule has 2 aromatic carbocycles. The molecule has 30 heavy (non-hydrogen) atoms. The van der Waals surface area contributed by atoms with E-state index in [9.17, 15) is 9.59 Å². The second-order valence-electron chi connectivity index (χ2n) is 8.11. The van der Waals surface area contributed by atoms with Crippen molar-refractivity contribution < 1.29 is 9.59 Å². The van der Waals surface area contributed by atoms with E-state index >= 15 is 0 Å². The Morgan fingerprint density at radius 3 is 2.03 bits per heavy atom. The maximum absolute atomic E-state index is 12.8. The topological polar surface area (TPSA) is 55.9 Å². The number of nitrogens with zero attached hydrogens (tertiary/aromatic N) is 3. The monoisotopic (exact) mass is 406 g/mol. The van der Waals surface area contributed by atoms with Gasteiger partial charge >= 0.3 is 0 Å². The van der Waals surface area contributed by atoms with Crippen molar-refractivity contribution in [3.05, 3.63) is 60.7 Å². The van der Waals surface area contributed by atoms with Gasteiger partial charge in [0, 0.05) is 56.6 Å². The minimum atomic E-state index is -0.0244. The van der Waals surface area contributed by atoms with Gasteiger partial charge in [-0.25, -0.2) is 0 Å². The first-order valence-corrected chi connectivity index (χ1v) is 10.8. The molecule has 2 heterocycles. The van der Waals surface area contributed by atoms with Gasteiger partial charge in [0.2, 0.25) is 11.8 Å². The van der Waals surface area contributed by atoms with Crippen molar-refractivity contribution in [2.24, 2.45) is 5.92 Å². The van der Waals surface area contributed by atoms with Gasteiger partial charge in [-0.1, -0.05) is 36.4 Å². The number of carbonyl (C=O) groups excluding carboxylic acids is 2. The Balaban J connectivity index is 1.19. The van der Waals surface area contributed by atoms with Crippen LogP contribution in [-0.2, 0) is 9.59 Å². The van der Waals surface area contributed by atoms with E-state index in [4.69, 9.17) is 0 Å². The van der Waals surface area contributed by atoms with Gasteiger partial charge in [0.1, 0.15) is 0 Å². The molecule has 0 spiro atoms. The van der Waals surface area contributed by atoms with E-state index in [1.807, 2.05) is 41.3 Å². The Bertz CT molecular complexity index is 827. The van der Waals surface area contributed by atoms with Crippen LogP contribution in [0.5, 0.6) is 0 Å².